The Morgan fingerprint density at radius 3 is 2.74 bits per heavy atom. The molecule has 0 aromatic carbocycles. The van der Waals surface area contributed by atoms with E-state index in [0.717, 1.165) is 24.1 Å². The molecule has 0 bridgehead atoms. The van der Waals surface area contributed by atoms with Crippen molar-refractivity contribution in [3.63, 3.8) is 0 Å². The average Bonchev–Trinajstić information content (AvgIpc) is 2.68. The number of carbonyl (C=O) groups is 1. The Bertz CT molecular complexity index is 549. The van der Waals surface area contributed by atoms with Gasteiger partial charge < -0.3 is 5.11 Å². The first kappa shape index (κ1) is 14.3. The number of carboxylic acids is 1. The zero-order valence-corrected chi connectivity index (χ0v) is 11.8. The van der Waals surface area contributed by atoms with E-state index in [2.05, 4.69) is 4.98 Å². The number of hydrogen-bond acceptors (Lipinski definition) is 5. The smallest absolute Gasteiger partial charge is 0.337 e. The Morgan fingerprint density at radius 2 is 2.11 bits per heavy atom. The highest BCUT2D eigenvalue weighted by atomic mass is 32.2. The Hall–Kier alpha value is -1.12. The summed E-state index contributed by atoms with van der Waals surface area (Å²) >= 11 is 1.73. The normalized spacial score (nSPS) is 17.9. The molecule has 0 atom stereocenters. The summed E-state index contributed by atoms with van der Waals surface area (Å²) < 4.78 is 26.1. The van der Waals surface area contributed by atoms with Gasteiger partial charge in [-0.25, -0.2) is 18.2 Å². The summed E-state index contributed by atoms with van der Waals surface area (Å²) in [5, 5.41) is 8.67. The molecular weight excluding hydrogens is 288 g/mol. The molecule has 2 rings (SSSR count). The van der Waals surface area contributed by atoms with E-state index in [4.69, 9.17) is 5.11 Å². The van der Waals surface area contributed by atoms with Crippen LogP contribution in [0.5, 0.6) is 0 Å². The molecule has 6 nitrogen and oxygen atoms in total. The van der Waals surface area contributed by atoms with E-state index < -0.39 is 16.0 Å². The SMILES string of the molecule is O=C(O)c1ccc(S(=O)(=O)N2CCCSCC2)nc1. The van der Waals surface area contributed by atoms with Gasteiger partial charge in [-0.05, 0) is 24.3 Å². The summed E-state index contributed by atoms with van der Waals surface area (Å²) in [4.78, 5) is 14.5. The van der Waals surface area contributed by atoms with Gasteiger partial charge in [0.2, 0.25) is 0 Å². The van der Waals surface area contributed by atoms with Crippen molar-refractivity contribution in [3.8, 4) is 0 Å². The summed E-state index contributed by atoms with van der Waals surface area (Å²) in [6.07, 6.45) is 1.89. The topological polar surface area (TPSA) is 87.6 Å². The number of aromatic carboxylic acids is 1. The molecule has 0 unspecified atom stereocenters. The van der Waals surface area contributed by atoms with Crippen molar-refractivity contribution >= 4 is 27.8 Å². The van der Waals surface area contributed by atoms with Crippen molar-refractivity contribution in [2.24, 2.45) is 0 Å². The summed E-state index contributed by atoms with van der Waals surface area (Å²) in [6, 6.07) is 2.51. The third kappa shape index (κ3) is 3.26. The largest absolute Gasteiger partial charge is 0.478 e. The molecule has 0 aliphatic carbocycles. The van der Waals surface area contributed by atoms with E-state index in [1.807, 2.05) is 0 Å². The van der Waals surface area contributed by atoms with E-state index in [9.17, 15) is 13.2 Å². The molecule has 19 heavy (non-hydrogen) atoms. The maximum atomic E-state index is 12.3. The second kappa shape index (κ2) is 5.89. The zero-order valence-electron chi connectivity index (χ0n) is 10.2. The number of carboxylic acid groups (broad SMARTS) is 1. The van der Waals surface area contributed by atoms with Gasteiger partial charge in [-0.3, -0.25) is 0 Å². The maximum Gasteiger partial charge on any atom is 0.337 e. The van der Waals surface area contributed by atoms with Gasteiger partial charge >= 0.3 is 5.97 Å². The fourth-order valence-corrected chi connectivity index (χ4v) is 4.15. The second-order valence-electron chi connectivity index (χ2n) is 4.06. The van der Waals surface area contributed by atoms with Crippen LogP contribution in [-0.2, 0) is 10.0 Å². The van der Waals surface area contributed by atoms with Crippen LogP contribution in [0.15, 0.2) is 23.4 Å². The van der Waals surface area contributed by atoms with Gasteiger partial charge in [-0.15, -0.1) is 0 Å². The van der Waals surface area contributed by atoms with E-state index in [-0.39, 0.29) is 10.6 Å². The van der Waals surface area contributed by atoms with Crippen molar-refractivity contribution in [1.29, 1.82) is 0 Å². The fourth-order valence-electron chi connectivity index (χ4n) is 1.76. The van der Waals surface area contributed by atoms with Crippen LogP contribution in [0.3, 0.4) is 0 Å². The van der Waals surface area contributed by atoms with Crippen LogP contribution in [0.25, 0.3) is 0 Å². The predicted octanol–water partition coefficient (Wildman–Crippen LogP) is 0.907. The number of nitrogens with zero attached hydrogens (tertiary/aromatic N) is 2. The minimum Gasteiger partial charge on any atom is -0.478 e. The van der Waals surface area contributed by atoms with Crippen LogP contribution in [0, 0.1) is 0 Å². The molecule has 0 radical (unpaired) electrons. The van der Waals surface area contributed by atoms with Crippen LogP contribution in [-0.4, -0.2) is 53.4 Å². The zero-order chi connectivity index (χ0) is 13.9. The quantitative estimate of drug-likeness (QED) is 0.893. The number of sulfonamides is 1. The molecule has 1 fully saturated rings. The lowest BCUT2D eigenvalue weighted by Gasteiger charge is -2.18. The Labute approximate surface area is 115 Å². The Morgan fingerprint density at radius 1 is 1.32 bits per heavy atom. The lowest BCUT2D eigenvalue weighted by atomic mass is 10.3. The van der Waals surface area contributed by atoms with Crippen LogP contribution < -0.4 is 0 Å². The van der Waals surface area contributed by atoms with Crippen LogP contribution in [0.4, 0.5) is 0 Å². The van der Waals surface area contributed by atoms with Crippen molar-refractivity contribution in [1.82, 2.24) is 9.29 Å². The highest BCUT2D eigenvalue weighted by Crippen LogP contribution is 2.18. The maximum absolute atomic E-state index is 12.3. The lowest BCUT2D eigenvalue weighted by Crippen LogP contribution is -2.33. The molecule has 0 spiro atoms. The summed E-state index contributed by atoms with van der Waals surface area (Å²) in [6.45, 7) is 0.951. The van der Waals surface area contributed by atoms with Gasteiger partial charge in [0.1, 0.15) is 0 Å². The number of hydrogen-bond donors (Lipinski definition) is 1. The summed E-state index contributed by atoms with van der Waals surface area (Å²) in [5.41, 5.74) is -0.0228. The monoisotopic (exact) mass is 302 g/mol. The first-order valence-electron chi connectivity index (χ1n) is 5.79. The van der Waals surface area contributed by atoms with Crippen LogP contribution in [0.1, 0.15) is 16.8 Å². The Kier molecular flexibility index (Phi) is 4.43. The van der Waals surface area contributed by atoms with E-state index in [1.54, 1.807) is 11.8 Å². The van der Waals surface area contributed by atoms with Crippen LogP contribution >= 0.6 is 11.8 Å². The molecule has 0 amide bonds. The third-order valence-electron chi connectivity index (χ3n) is 2.77. The molecule has 1 aliphatic heterocycles. The molecule has 0 saturated carbocycles. The number of aromatic nitrogens is 1. The van der Waals surface area contributed by atoms with Gasteiger partial charge in [0, 0.05) is 25.0 Å². The van der Waals surface area contributed by atoms with Crippen molar-refractivity contribution in [3.05, 3.63) is 23.9 Å². The number of rotatable bonds is 3. The minimum atomic E-state index is -3.61. The molecule has 1 aliphatic rings. The molecule has 1 aromatic heterocycles. The Balaban J connectivity index is 2.25. The average molecular weight is 302 g/mol. The number of pyridine rings is 1. The second-order valence-corrected chi connectivity index (χ2v) is 7.17. The van der Waals surface area contributed by atoms with Gasteiger partial charge in [-0.1, -0.05) is 0 Å². The first-order chi connectivity index (χ1) is 9.01. The minimum absolute atomic E-state index is 0.0228. The van der Waals surface area contributed by atoms with Gasteiger partial charge in [0.25, 0.3) is 10.0 Å². The lowest BCUT2D eigenvalue weighted by molar-refractivity contribution is 0.0696. The molecule has 2 heterocycles. The molecular formula is C11H14N2O4S2. The first-order valence-corrected chi connectivity index (χ1v) is 8.38. The van der Waals surface area contributed by atoms with Gasteiger partial charge in [-0.2, -0.15) is 16.1 Å². The summed E-state index contributed by atoms with van der Waals surface area (Å²) in [5.74, 6) is 0.603. The van der Waals surface area contributed by atoms with Crippen molar-refractivity contribution in [2.45, 2.75) is 11.4 Å². The van der Waals surface area contributed by atoms with E-state index in [1.165, 1.54) is 16.4 Å². The summed E-state index contributed by atoms with van der Waals surface area (Å²) in [7, 11) is -3.61. The predicted molar refractivity (Wildman–Crippen MR) is 71.9 cm³/mol. The van der Waals surface area contributed by atoms with Crippen LogP contribution in [0.2, 0.25) is 0 Å². The molecule has 8 heteroatoms. The number of thioether (sulfide) groups is 1. The van der Waals surface area contributed by atoms with Gasteiger partial charge in [0.15, 0.2) is 5.03 Å². The van der Waals surface area contributed by atoms with Crippen molar-refractivity contribution < 1.29 is 18.3 Å². The molecule has 1 saturated heterocycles. The molecule has 1 aromatic rings. The third-order valence-corrected chi connectivity index (χ3v) is 5.63. The highest BCUT2D eigenvalue weighted by molar-refractivity contribution is 7.99. The standard InChI is InChI=1S/C11H14N2O4S2/c14-11(15)9-2-3-10(12-8-9)19(16,17)13-4-1-6-18-7-5-13/h2-3,8H,1,4-7H2,(H,14,15). The van der Waals surface area contributed by atoms with E-state index in [0.29, 0.717) is 13.1 Å². The molecule has 104 valence electrons. The highest BCUT2D eigenvalue weighted by Gasteiger charge is 2.26. The molecule has 1 N–H and O–H groups in total. The van der Waals surface area contributed by atoms with Gasteiger partial charge in [0.05, 0.1) is 5.56 Å². The fraction of sp³-hybridized carbons (Fsp3) is 0.455. The van der Waals surface area contributed by atoms with E-state index >= 15 is 0 Å². The van der Waals surface area contributed by atoms with Crippen molar-refractivity contribution in [2.75, 3.05) is 24.6 Å².